The van der Waals surface area contributed by atoms with Crippen LogP contribution in [0, 0.1) is 10.1 Å². The molecule has 0 aromatic heterocycles. The lowest BCUT2D eigenvalue weighted by Crippen LogP contribution is -2.29. The van der Waals surface area contributed by atoms with Crippen LogP contribution in [0.1, 0.15) is 12.5 Å². The quantitative estimate of drug-likeness (QED) is 0.317. The molecule has 3 rings (SSSR count). The number of non-ortho nitro benzene ring substituents is 1. The molecule has 0 fully saturated rings. The molecule has 1 aliphatic rings. The number of anilines is 1. The van der Waals surface area contributed by atoms with Gasteiger partial charge in [0.15, 0.2) is 17.6 Å². The zero-order valence-electron chi connectivity index (χ0n) is 16.1. The molecule has 1 heterocycles. The van der Waals surface area contributed by atoms with Crippen molar-refractivity contribution in [1.29, 1.82) is 0 Å². The Hall–Kier alpha value is -4.08. The Labute approximate surface area is 171 Å². The number of carbonyl (C=O) groups is 2. The van der Waals surface area contributed by atoms with Crippen LogP contribution in [0.3, 0.4) is 0 Å². The number of fused-ring (bicyclic) bond motifs is 1. The van der Waals surface area contributed by atoms with Crippen LogP contribution in [-0.4, -0.2) is 36.8 Å². The molecule has 0 saturated heterocycles. The highest BCUT2D eigenvalue weighted by atomic mass is 16.7. The zero-order valence-corrected chi connectivity index (χ0v) is 16.1. The minimum absolute atomic E-state index is 0.0931. The molecule has 0 radical (unpaired) electrons. The molecule has 1 N–H and O–H groups in total. The molecule has 10 nitrogen and oxygen atoms in total. The van der Waals surface area contributed by atoms with Gasteiger partial charge in [0.05, 0.1) is 17.7 Å². The Morgan fingerprint density at radius 2 is 1.97 bits per heavy atom. The smallest absolute Gasteiger partial charge is 0.331 e. The maximum absolute atomic E-state index is 12.3. The second kappa shape index (κ2) is 8.95. The molecule has 0 unspecified atom stereocenters. The summed E-state index contributed by atoms with van der Waals surface area (Å²) in [5.41, 5.74) is 0.563. The van der Waals surface area contributed by atoms with Crippen molar-refractivity contribution < 1.29 is 33.5 Å². The minimum atomic E-state index is -1.15. The van der Waals surface area contributed by atoms with E-state index in [0.29, 0.717) is 17.1 Å². The standard InChI is InChI=1S/C20H18N2O8/c1-12(20(24)21-15-10-14(22(25)26)5-7-16(15)27-2)30-19(23)8-4-13-3-6-17-18(9-13)29-11-28-17/h3-10,12H,11H2,1-2H3,(H,21,24)/b8-4+/t12-/m1/s1. The van der Waals surface area contributed by atoms with Gasteiger partial charge in [-0.3, -0.25) is 14.9 Å². The molecule has 0 saturated carbocycles. The molecule has 30 heavy (non-hydrogen) atoms. The van der Waals surface area contributed by atoms with Crippen molar-refractivity contribution in [2.24, 2.45) is 0 Å². The number of nitrogens with zero attached hydrogens (tertiary/aromatic N) is 1. The Kier molecular flexibility index (Phi) is 6.16. The summed E-state index contributed by atoms with van der Waals surface area (Å²) in [5, 5.41) is 13.4. The van der Waals surface area contributed by atoms with Crippen LogP contribution >= 0.6 is 0 Å². The van der Waals surface area contributed by atoms with E-state index < -0.39 is 22.9 Å². The average molecular weight is 414 g/mol. The van der Waals surface area contributed by atoms with Crippen molar-refractivity contribution >= 4 is 29.3 Å². The summed E-state index contributed by atoms with van der Waals surface area (Å²) in [4.78, 5) is 34.7. The number of nitro groups is 1. The van der Waals surface area contributed by atoms with E-state index in [1.54, 1.807) is 18.2 Å². The number of nitro benzene ring substituents is 1. The van der Waals surface area contributed by atoms with Crippen molar-refractivity contribution in [2.75, 3.05) is 19.2 Å². The van der Waals surface area contributed by atoms with Crippen molar-refractivity contribution in [1.82, 2.24) is 0 Å². The SMILES string of the molecule is COc1ccc([N+](=O)[O-])cc1NC(=O)[C@@H](C)OC(=O)/C=C/c1ccc2c(c1)OCO2. The molecule has 1 atom stereocenters. The lowest BCUT2D eigenvalue weighted by molar-refractivity contribution is -0.384. The number of rotatable bonds is 7. The van der Waals surface area contributed by atoms with Gasteiger partial charge in [0.2, 0.25) is 6.79 Å². The van der Waals surface area contributed by atoms with Gasteiger partial charge in [-0.2, -0.15) is 0 Å². The highest BCUT2D eigenvalue weighted by Crippen LogP contribution is 2.33. The van der Waals surface area contributed by atoms with Crippen molar-refractivity contribution in [3.05, 3.63) is 58.2 Å². The van der Waals surface area contributed by atoms with Gasteiger partial charge in [0.25, 0.3) is 11.6 Å². The third-order valence-electron chi connectivity index (χ3n) is 4.12. The molecule has 0 spiro atoms. The fourth-order valence-corrected chi connectivity index (χ4v) is 2.59. The largest absolute Gasteiger partial charge is 0.495 e. The van der Waals surface area contributed by atoms with Crippen LogP contribution in [-0.2, 0) is 14.3 Å². The third-order valence-corrected chi connectivity index (χ3v) is 4.12. The monoisotopic (exact) mass is 414 g/mol. The minimum Gasteiger partial charge on any atom is -0.495 e. The number of hydrogen-bond donors (Lipinski definition) is 1. The fraction of sp³-hybridized carbons (Fsp3) is 0.200. The number of carbonyl (C=O) groups excluding carboxylic acids is 2. The van der Waals surface area contributed by atoms with E-state index in [9.17, 15) is 19.7 Å². The Bertz CT molecular complexity index is 1020. The first-order valence-corrected chi connectivity index (χ1v) is 8.79. The van der Waals surface area contributed by atoms with Crippen LogP contribution in [0.25, 0.3) is 6.08 Å². The van der Waals surface area contributed by atoms with Crippen LogP contribution in [0.2, 0.25) is 0 Å². The average Bonchev–Trinajstić information content (AvgIpc) is 3.20. The van der Waals surface area contributed by atoms with Gasteiger partial charge >= 0.3 is 5.97 Å². The van der Waals surface area contributed by atoms with Crippen molar-refractivity contribution in [3.63, 3.8) is 0 Å². The first-order chi connectivity index (χ1) is 14.4. The lowest BCUT2D eigenvalue weighted by Gasteiger charge is -2.14. The van der Waals surface area contributed by atoms with Gasteiger partial charge in [-0.1, -0.05) is 6.07 Å². The highest BCUT2D eigenvalue weighted by Gasteiger charge is 2.20. The summed E-state index contributed by atoms with van der Waals surface area (Å²) in [6.07, 6.45) is 1.54. The van der Waals surface area contributed by atoms with Gasteiger partial charge in [0, 0.05) is 18.2 Å². The van der Waals surface area contributed by atoms with E-state index in [2.05, 4.69) is 5.32 Å². The van der Waals surface area contributed by atoms with Crippen molar-refractivity contribution in [2.45, 2.75) is 13.0 Å². The van der Waals surface area contributed by atoms with Gasteiger partial charge in [-0.15, -0.1) is 0 Å². The second-order valence-corrected chi connectivity index (χ2v) is 6.16. The summed E-state index contributed by atoms with van der Waals surface area (Å²) >= 11 is 0. The molecule has 0 bridgehead atoms. The predicted molar refractivity (Wildman–Crippen MR) is 105 cm³/mol. The van der Waals surface area contributed by atoms with E-state index >= 15 is 0 Å². The van der Waals surface area contributed by atoms with Gasteiger partial charge in [0.1, 0.15) is 5.75 Å². The summed E-state index contributed by atoms with van der Waals surface area (Å²) in [7, 11) is 1.36. The second-order valence-electron chi connectivity index (χ2n) is 6.16. The number of esters is 1. The van der Waals surface area contributed by atoms with Crippen LogP contribution in [0.4, 0.5) is 11.4 Å². The zero-order chi connectivity index (χ0) is 21.7. The van der Waals surface area contributed by atoms with Crippen LogP contribution in [0.5, 0.6) is 17.2 Å². The summed E-state index contributed by atoms with van der Waals surface area (Å²) in [5.74, 6) is 0.0240. The number of nitrogens with one attached hydrogen (secondary N) is 1. The predicted octanol–water partition coefficient (Wildman–Crippen LogP) is 2.92. The third kappa shape index (κ3) is 4.85. The van der Waals surface area contributed by atoms with E-state index in [0.717, 1.165) is 6.07 Å². The molecule has 10 heteroatoms. The molecule has 156 valence electrons. The molecular formula is C20H18N2O8. The van der Waals surface area contributed by atoms with Crippen LogP contribution < -0.4 is 19.5 Å². The van der Waals surface area contributed by atoms with E-state index in [4.69, 9.17) is 18.9 Å². The Morgan fingerprint density at radius 3 is 2.70 bits per heavy atom. The molecule has 1 amide bonds. The number of hydrogen-bond acceptors (Lipinski definition) is 8. The maximum atomic E-state index is 12.3. The Morgan fingerprint density at radius 1 is 1.20 bits per heavy atom. The normalized spacial score (nSPS) is 13.0. The summed E-state index contributed by atoms with van der Waals surface area (Å²) < 4.78 is 20.6. The summed E-state index contributed by atoms with van der Waals surface area (Å²) in [6, 6.07) is 8.93. The van der Waals surface area contributed by atoms with Crippen molar-refractivity contribution in [3.8, 4) is 17.2 Å². The number of amides is 1. The number of benzene rings is 2. The van der Waals surface area contributed by atoms with Gasteiger partial charge < -0.3 is 24.3 Å². The van der Waals surface area contributed by atoms with Gasteiger partial charge in [-0.25, -0.2) is 4.79 Å². The highest BCUT2D eigenvalue weighted by molar-refractivity contribution is 5.97. The molecule has 0 aliphatic carbocycles. The fourth-order valence-electron chi connectivity index (χ4n) is 2.59. The molecule has 1 aliphatic heterocycles. The maximum Gasteiger partial charge on any atom is 0.331 e. The van der Waals surface area contributed by atoms with E-state index in [-0.39, 0.29) is 23.9 Å². The molecular weight excluding hydrogens is 396 g/mol. The number of ether oxygens (including phenoxy) is 4. The first kappa shape index (κ1) is 20.6. The topological polar surface area (TPSA) is 126 Å². The van der Waals surface area contributed by atoms with Crippen LogP contribution in [0.15, 0.2) is 42.5 Å². The summed E-state index contributed by atoms with van der Waals surface area (Å²) in [6.45, 7) is 1.53. The molecule has 2 aromatic rings. The van der Waals surface area contributed by atoms with Gasteiger partial charge in [-0.05, 0) is 36.8 Å². The Balaban J connectivity index is 1.60. The first-order valence-electron chi connectivity index (χ1n) is 8.79. The number of methoxy groups -OCH3 is 1. The van der Waals surface area contributed by atoms with E-state index in [1.807, 2.05) is 0 Å². The van der Waals surface area contributed by atoms with E-state index in [1.165, 1.54) is 38.3 Å². The lowest BCUT2D eigenvalue weighted by atomic mass is 10.2. The molecule has 2 aromatic carbocycles.